The average Bonchev–Trinajstić information content (AvgIpc) is 2.89. The van der Waals surface area contributed by atoms with Gasteiger partial charge in [-0.25, -0.2) is 15.8 Å². The van der Waals surface area contributed by atoms with Crippen LogP contribution in [0.4, 0.5) is 5.82 Å². The third-order valence-electron chi connectivity index (χ3n) is 2.09. The summed E-state index contributed by atoms with van der Waals surface area (Å²) >= 11 is 1.50. The first kappa shape index (κ1) is 11.5. The van der Waals surface area contributed by atoms with Gasteiger partial charge >= 0.3 is 0 Å². The first-order chi connectivity index (χ1) is 8.29. The van der Waals surface area contributed by atoms with Gasteiger partial charge in [0.2, 0.25) is 0 Å². The molecule has 0 aliphatic carbocycles. The number of hydrogen-bond acceptors (Lipinski definition) is 6. The lowest BCUT2D eigenvalue weighted by molar-refractivity contribution is 0.0950. The van der Waals surface area contributed by atoms with Gasteiger partial charge in [-0.2, -0.15) is 0 Å². The molecule has 0 fully saturated rings. The number of hydrazine groups is 1. The minimum atomic E-state index is -0.186. The summed E-state index contributed by atoms with van der Waals surface area (Å²) < 4.78 is 0. The molecule has 0 spiro atoms. The van der Waals surface area contributed by atoms with E-state index in [2.05, 4.69) is 20.7 Å². The second-order valence-electron chi connectivity index (χ2n) is 3.24. The Morgan fingerprint density at radius 1 is 1.41 bits per heavy atom. The number of thiazole rings is 1. The summed E-state index contributed by atoms with van der Waals surface area (Å²) in [6.07, 6.45) is 1.46. The van der Waals surface area contributed by atoms with E-state index in [0.717, 1.165) is 5.69 Å². The van der Waals surface area contributed by atoms with E-state index < -0.39 is 0 Å². The van der Waals surface area contributed by atoms with Crippen molar-refractivity contribution in [2.45, 2.75) is 6.54 Å². The van der Waals surface area contributed by atoms with Crippen LogP contribution in [0.1, 0.15) is 16.1 Å². The molecule has 0 bridgehead atoms. The second kappa shape index (κ2) is 5.37. The minimum Gasteiger partial charge on any atom is -0.346 e. The lowest BCUT2D eigenvalue weighted by atomic mass is 10.2. The van der Waals surface area contributed by atoms with Crippen molar-refractivity contribution < 1.29 is 4.79 Å². The molecule has 0 saturated heterocycles. The van der Waals surface area contributed by atoms with Crippen molar-refractivity contribution in [3.05, 3.63) is 40.5 Å². The van der Waals surface area contributed by atoms with Crippen LogP contribution >= 0.6 is 11.3 Å². The largest absolute Gasteiger partial charge is 0.346 e. The maximum Gasteiger partial charge on any atom is 0.253 e. The number of amides is 1. The number of pyridine rings is 1. The van der Waals surface area contributed by atoms with Crippen LogP contribution in [0.25, 0.3) is 0 Å². The number of nitrogens with two attached hydrogens (primary N) is 1. The summed E-state index contributed by atoms with van der Waals surface area (Å²) in [5, 5.41) is 4.64. The smallest absolute Gasteiger partial charge is 0.253 e. The molecule has 2 aromatic rings. The van der Waals surface area contributed by atoms with Crippen LogP contribution < -0.4 is 16.6 Å². The molecule has 2 heterocycles. The van der Waals surface area contributed by atoms with Gasteiger partial charge in [-0.3, -0.25) is 4.79 Å². The summed E-state index contributed by atoms with van der Waals surface area (Å²) in [6.45, 7) is 0.416. The van der Waals surface area contributed by atoms with Gasteiger partial charge in [0.1, 0.15) is 5.82 Å². The lowest BCUT2D eigenvalue weighted by Gasteiger charge is -2.04. The third-order valence-corrected chi connectivity index (χ3v) is 2.72. The molecule has 1 amide bonds. The molecule has 0 unspecified atom stereocenters. The Labute approximate surface area is 102 Å². The third kappa shape index (κ3) is 2.99. The summed E-state index contributed by atoms with van der Waals surface area (Å²) in [5.74, 6) is 5.51. The van der Waals surface area contributed by atoms with Crippen molar-refractivity contribution in [2.24, 2.45) is 5.84 Å². The Morgan fingerprint density at radius 3 is 2.88 bits per heavy atom. The predicted octanol–water partition coefficient (Wildman–Crippen LogP) is 0.754. The normalized spacial score (nSPS) is 9.94. The Balaban J connectivity index is 1.95. The zero-order valence-corrected chi connectivity index (χ0v) is 9.70. The molecule has 0 radical (unpaired) electrons. The minimum absolute atomic E-state index is 0.186. The quantitative estimate of drug-likeness (QED) is 0.549. The van der Waals surface area contributed by atoms with Crippen molar-refractivity contribution in [1.82, 2.24) is 15.3 Å². The van der Waals surface area contributed by atoms with Gasteiger partial charge in [-0.1, -0.05) is 0 Å². The lowest BCUT2D eigenvalue weighted by Crippen LogP contribution is -2.23. The first-order valence-corrected chi connectivity index (χ1v) is 5.82. The molecule has 0 aliphatic heterocycles. The summed E-state index contributed by atoms with van der Waals surface area (Å²) in [4.78, 5) is 19.7. The van der Waals surface area contributed by atoms with Gasteiger partial charge in [-0.05, 0) is 12.1 Å². The van der Waals surface area contributed by atoms with Gasteiger partial charge in [0.05, 0.1) is 23.3 Å². The van der Waals surface area contributed by atoms with Crippen molar-refractivity contribution in [3.8, 4) is 0 Å². The number of nitrogens with zero attached hydrogens (tertiary/aromatic N) is 2. The number of anilines is 1. The molecule has 6 nitrogen and oxygen atoms in total. The van der Waals surface area contributed by atoms with Crippen LogP contribution in [0.5, 0.6) is 0 Å². The van der Waals surface area contributed by atoms with Gasteiger partial charge in [0, 0.05) is 11.6 Å². The highest BCUT2D eigenvalue weighted by Crippen LogP contribution is 2.04. The maximum atomic E-state index is 11.7. The zero-order chi connectivity index (χ0) is 12.1. The standard InChI is InChI=1S/C10H11N5OS/c11-15-9-2-1-7(3-12-9)10(16)13-4-8-5-17-6-14-8/h1-3,5-6H,4,11H2,(H,12,15)(H,13,16). The van der Waals surface area contributed by atoms with E-state index in [9.17, 15) is 4.79 Å². The van der Waals surface area contributed by atoms with E-state index in [0.29, 0.717) is 17.9 Å². The monoisotopic (exact) mass is 249 g/mol. The number of rotatable bonds is 4. The van der Waals surface area contributed by atoms with Crippen LogP contribution in [0.3, 0.4) is 0 Å². The molecule has 88 valence electrons. The maximum absolute atomic E-state index is 11.7. The highest BCUT2D eigenvalue weighted by Gasteiger charge is 2.06. The molecule has 0 aliphatic rings. The highest BCUT2D eigenvalue weighted by molar-refractivity contribution is 7.07. The van der Waals surface area contributed by atoms with Crippen LogP contribution in [-0.2, 0) is 6.54 Å². The van der Waals surface area contributed by atoms with E-state index in [4.69, 9.17) is 5.84 Å². The van der Waals surface area contributed by atoms with Crippen molar-refractivity contribution in [1.29, 1.82) is 0 Å². The summed E-state index contributed by atoms with van der Waals surface area (Å²) in [5.41, 5.74) is 5.45. The summed E-state index contributed by atoms with van der Waals surface area (Å²) in [7, 11) is 0. The average molecular weight is 249 g/mol. The Bertz CT molecular complexity index is 482. The van der Waals surface area contributed by atoms with Crippen LogP contribution in [0, 0.1) is 0 Å². The molecule has 0 aromatic carbocycles. The van der Waals surface area contributed by atoms with Gasteiger partial charge in [0.15, 0.2) is 0 Å². The van der Waals surface area contributed by atoms with Gasteiger partial charge in [0.25, 0.3) is 5.91 Å². The van der Waals surface area contributed by atoms with Crippen LogP contribution in [-0.4, -0.2) is 15.9 Å². The fraction of sp³-hybridized carbons (Fsp3) is 0.100. The van der Waals surface area contributed by atoms with Crippen LogP contribution in [0.15, 0.2) is 29.2 Å². The number of nitrogens with one attached hydrogen (secondary N) is 2. The fourth-order valence-corrected chi connectivity index (χ4v) is 1.77. The Kier molecular flexibility index (Phi) is 3.63. The molecule has 0 saturated carbocycles. The van der Waals surface area contributed by atoms with E-state index in [1.807, 2.05) is 5.38 Å². The van der Waals surface area contributed by atoms with E-state index >= 15 is 0 Å². The first-order valence-electron chi connectivity index (χ1n) is 4.87. The number of aromatic nitrogens is 2. The molecule has 4 N–H and O–H groups in total. The van der Waals surface area contributed by atoms with Crippen molar-refractivity contribution in [2.75, 3.05) is 5.43 Å². The molecule has 0 atom stereocenters. The molecule has 2 rings (SSSR count). The van der Waals surface area contributed by atoms with Crippen molar-refractivity contribution >= 4 is 23.1 Å². The topological polar surface area (TPSA) is 92.9 Å². The zero-order valence-electron chi connectivity index (χ0n) is 8.88. The number of carbonyl (C=O) groups excluding carboxylic acids is 1. The Morgan fingerprint density at radius 2 is 2.29 bits per heavy atom. The van der Waals surface area contributed by atoms with E-state index in [1.165, 1.54) is 17.5 Å². The molecular weight excluding hydrogens is 238 g/mol. The number of hydrogen-bond donors (Lipinski definition) is 3. The molecule has 2 aromatic heterocycles. The number of carbonyl (C=O) groups is 1. The molecule has 7 heteroatoms. The Hall–Kier alpha value is -1.99. The van der Waals surface area contributed by atoms with E-state index in [1.54, 1.807) is 17.6 Å². The van der Waals surface area contributed by atoms with E-state index in [-0.39, 0.29) is 5.91 Å². The summed E-state index contributed by atoms with van der Waals surface area (Å²) in [6, 6.07) is 3.29. The second-order valence-corrected chi connectivity index (χ2v) is 3.96. The van der Waals surface area contributed by atoms with Gasteiger partial charge < -0.3 is 10.7 Å². The van der Waals surface area contributed by atoms with Crippen molar-refractivity contribution in [3.63, 3.8) is 0 Å². The SMILES string of the molecule is NNc1ccc(C(=O)NCc2cscn2)cn1. The number of nitrogen functional groups attached to an aromatic ring is 1. The highest BCUT2D eigenvalue weighted by atomic mass is 32.1. The predicted molar refractivity (Wildman–Crippen MR) is 65.3 cm³/mol. The molecule has 17 heavy (non-hydrogen) atoms. The van der Waals surface area contributed by atoms with Gasteiger partial charge in [-0.15, -0.1) is 11.3 Å². The molecular formula is C10H11N5OS. The fourth-order valence-electron chi connectivity index (χ4n) is 1.21. The van der Waals surface area contributed by atoms with Crippen LogP contribution in [0.2, 0.25) is 0 Å².